The van der Waals surface area contributed by atoms with Crippen molar-refractivity contribution in [3.05, 3.63) is 23.9 Å². The number of hydrogen-bond acceptors (Lipinski definition) is 5. The maximum absolute atomic E-state index is 11.4. The van der Waals surface area contributed by atoms with E-state index in [1.165, 1.54) is 12.7 Å². The second-order valence-electron chi connectivity index (χ2n) is 4.55. The van der Waals surface area contributed by atoms with Gasteiger partial charge in [-0.1, -0.05) is 6.07 Å². The van der Waals surface area contributed by atoms with Crippen LogP contribution in [0.3, 0.4) is 0 Å². The van der Waals surface area contributed by atoms with Crippen molar-refractivity contribution in [1.29, 1.82) is 0 Å². The molecule has 1 atom stereocenters. The summed E-state index contributed by atoms with van der Waals surface area (Å²) in [7, 11) is 3.30. The maximum atomic E-state index is 11.4. The third-order valence-corrected chi connectivity index (χ3v) is 3.29. The van der Waals surface area contributed by atoms with Gasteiger partial charge in [0.2, 0.25) is 0 Å². The summed E-state index contributed by atoms with van der Waals surface area (Å²) in [6.45, 7) is 2.55. The first-order valence-corrected chi connectivity index (χ1v) is 6.16. The van der Waals surface area contributed by atoms with Crippen molar-refractivity contribution < 1.29 is 9.53 Å². The number of anilines is 1. The van der Waals surface area contributed by atoms with Crippen LogP contribution in [-0.2, 0) is 16.1 Å². The summed E-state index contributed by atoms with van der Waals surface area (Å²) in [5, 5.41) is 2.99. The van der Waals surface area contributed by atoms with E-state index in [0.717, 1.165) is 31.9 Å². The number of carbonyl (C=O) groups excluding carboxylic acids is 1. The van der Waals surface area contributed by atoms with Gasteiger partial charge in [-0.15, -0.1) is 0 Å². The quantitative estimate of drug-likeness (QED) is 0.810. The average Bonchev–Trinajstić information content (AvgIpc) is 2.87. The van der Waals surface area contributed by atoms with Gasteiger partial charge in [-0.25, -0.2) is 4.98 Å². The second kappa shape index (κ2) is 5.82. The minimum atomic E-state index is -0.0962. The number of hydrogen-bond donors (Lipinski definition) is 1. The Morgan fingerprint density at radius 1 is 1.61 bits per heavy atom. The van der Waals surface area contributed by atoms with E-state index < -0.39 is 0 Å². The number of ether oxygens (including phenoxy) is 1. The van der Waals surface area contributed by atoms with Crippen LogP contribution in [-0.4, -0.2) is 43.1 Å². The molecule has 1 aromatic rings. The molecule has 1 aliphatic rings. The molecule has 98 valence electrons. The van der Waals surface area contributed by atoms with Gasteiger partial charge in [-0.3, -0.25) is 9.69 Å². The Bertz CT molecular complexity index is 405. The smallest absolute Gasteiger partial charge is 0.310 e. The van der Waals surface area contributed by atoms with E-state index in [-0.39, 0.29) is 11.9 Å². The van der Waals surface area contributed by atoms with E-state index in [4.69, 9.17) is 4.74 Å². The van der Waals surface area contributed by atoms with Gasteiger partial charge in [-0.05, 0) is 24.6 Å². The Morgan fingerprint density at radius 3 is 3.06 bits per heavy atom. The molecule has 2 rings (SSSR count). The van der Waals surface area contributed by atoms with Crippen molar-refractivity contribution in [3.63, 3.8) is 0 Å². The van der Waals surface area contributed by atoms with Crippen molar-refractivity contribution in [2.45, 2.75) is 13.0 Å². The monoisotopic (exact) mass is 249 g/mol. The lowest BCUT2D eigenvalue weighted by Gasteiger charge is -2.15. The van der Waals surface area contributed by atoms with Crippen molar-refractivity contribution in [2.24, 2.45) is 5.92 Å². The minimum Gasteiger partial charge on any atom is -0.469 e. The van der Waals surface area contributed by atoms with Crippen LogP contribution in [0.1, 0.15) is 12.0 Å². The highest BCUT2D eigenvalue weighted by molar-refractivity contribution is 5.72. The largest absolute Gasteiger partial charge is 0.469 e. The van der Waals surface area contributed by atoms with Crippen LogP contribution < -0.4 is 5.32 Å². The fourth-order valence-electron chi connectivity index (χ4n) is 2.26. The van der Waals surface area contributed by atoms with Gasteiger partial charge in [0, 0.05) is 26.3 Å². The van der Waals surface area contributed by atoms with Crippen molar-refractivity contribution in [1.82, 2.24) is 9.88 Å². The molecule has 1 unspecified atom stereocenters. The molecule has 1 fully saturated rings. The Balaban J connectivity index is 1.89. The minimum absolute atomic E-state index is 0.0274. The third-order valence-electron chi connectivity index (χ3n) is 3.29. The van der Waals surface area contributed by atoms with E-state index in [1.54, 1.807) is 0 Å². The van der Waals surface area contributed by atoms with Crippen LogP contribution in [0.2, 0.25) is 0 Å². The molecule has 1 saturated heterocycles. The first kappa shape index (κ1) is 12.8. The van der Waals surface area contributed by atoms with Crippen LogP contribution in [0.25, 0.3) is 0 Å². The molecule has 1 N–H and O–H groups in total. The zero-order valence-electron chi connectivity index (χ0n) is 10.8. The summed E-state index contributed by atoms with van der Waals surface area (Å²) in [4.78, 5) is 18.0. The topological polar surface area (TPSA) is 54.5 Å². The second-order valence-corrected chi connectivity index (χ2v) is 4.55. The van der Waals surface area contributed by atoms with Crippen LogP contribution in [0.15, 0.2) is 18.3 Å². The standard InChI is InChI=1S/C13H19N3O2/c1-14-12-4-3-10(7-15-12)8-16-6-5-11(9-16)13(17)18-2/h3-4,7,11H,5-6,8-9H2,1-2H3,(H,14,15). The third kappa shape index (κ3) is 2.98. The Hall–Kier alpha value is -1.62. The molecule has 5 nitrogen and oxygen atoms in total. The zero-order chi connectivity index (χ0) is 13.0. The van der Waals surface area contributed by atoms with Crippen LogP contribution in [0.5, 0.6) is 0 Å². The number of rotatable bonds is 4. The van der Waals surface area contributed by atoms with Gasteiger partial charge < -0.3 is 10.1 Å². The molecule has 0 spiro atoms. The zero-order valence-corrected chi connectivity index (χ0v) is 10.8. The molecule has 2 heterocycles. The number of likely N-dealkylation sites (tertiary alicyclic amines) is 1. The molecule has 1 aromatic heterocycles. The molecule has 0 amide bonds. The molecule has 1 aliphatic heterocycles. The van der Waals surface area contributed by atoms with E-state index >= 15 is 0 Å². The molecule has 5 heteroatoms. The van der Waals surface area contributed by atoms with Gasteiger partial charge in [0.25, 0.3) is 0 Å². The summed E-state index contributed by atoms with van der Waals surface area (Å²) in [5.41, 5.74) is 1.17. The van der Waals surface area contributed by atoms with Gasteiger partial charge in [0.05, 0.1) is 13.0 Å². The van der Waals surface area contributed by atoms with E-state index in [1.807, 2.05) is 19.3 Å². The van der Waals surface area contributed by atoms with Gasteiger partial charge in [0.1, 0.15) is 5.82 Å². The molecule has 0 aliphatic carbocycles. The molecule has 18 heavy (non-hydrogen) atoms. The highest BCUT2D eigenvalue weighted by atomic mass is 16.5. The SMILES string of the molecule is CNc1ccc(CN2CCC(C(=O)OC)C2)cn1. The molecule has 0 radical (unpaired) electrons. The summed E-state index contributed by atoms with van der Waals surface area (Å²) in [6.07, 6.45) is 2.76. The summed E-state index contributed by atoms with van der Waals surface area (Å²) in [6, 6.07) is 4.02. The Labute approximate surface area is 107 Å². The van der Waals surface area contributed by atoms with Gasteiger partial charge >= 0.3 is 5.97 Å². The summed E-state index contributed by atoms with van der Waals surface area (Å²) >= 11 is 0. The van der Waals surface area contributed by atoms with Crippen LogP contribution >= 0.6 is 0 Å². The van der Waals surface area contributed by atoms with Gasteiger partial charge in [-0.2, -0.15) is 0 Å². The number of aromatic nitrogens is 1. The number of carbonyl (C=O) groups is 1. The lowest BCUT2D eigenvalue weighted by atomic mass is 10.1. The fraction of sp³-hybridized carbons (Fsp3) is 0.538. The molecular weight excluding hydrogens is 230 g/mol. The number of pyridine rings is 1. The molecule has 0 bridgehead atoms. The fourth-order valence-corrected chi connectivity index (χ4v) is 2.26. The van der Waals surface area contributed by atoms with Gasteiger partial charge in [0.15, 0.2) is 0 Å². The Kier molecular flexibility index (Phi) is 4.15. The maximum Gasteiger partial charge on any atom is 0.310 e. The number of nitrogens with zero attached hydrogens (tertiary/aromatic N) is 2. The first-order chi connectivity index (χ1) is 8.72. The predicted octanol–water partition coefficient (Wildman–Crippen LogP) is 1.12. The highest BCUT2D eigenvalue weighted by Crippen LogP contribution is 2.19. The lowest BCUT2D eigenvalue weighted by molar-refractivity contribution is -0.144. The molecule has 0 aromatic carbocycles. The van der Waals surface area contributed by atoms with E-state index in [2.05, 4.69) is 21.3 Å². The lowest BCUT2D eigenvalue weighted by Crippen LogP contribution is -2.23. The van der Waals surface area contributed by atoms with Crippen molar-refractivity contribution >= 4 is 11.8 Å². The van der Waals surface area contributed by atoms with Crippen molar-refractivity contribution in [3.8, 4) is 0 Å². The number of esters is 1. The van der Waals surface area contributed by atoms with E-state index in [0.29, 0.717) is 0 Å². The number of methoxy groups -OCH3 is 1. The molecular formula is C13H19N3O2. The average molecular weight is 249 g/mol. The summed E-state index contributed by atoms with van der Waals surface area (Å²) < 4.78 is 4.78. The van der Waals surface area contributed by atoms with Crippen LogP contribution in [0, 0.1) is 5.92 Å². The number of nitrogens with one attached hydrogen (secondary N) is 1. The van der Waals surface area contributed by atoms with Crippen LogP contribution in [0.4, 0.5) is 5.82 Å². The Morgan fingerprint density at radius 2 is 2.44 bits per heavy atom. The van der Waals surface area contributed by atoms with Crippen molar-refractivity contribution in [2.75, 3.05) is 32.6 Å². The highest BCUT2D eigenvalue weighted by Gasteiger charge is 2.28. The van der Waals surface area contributed by atoms with E-state index in [9.17, 15) is 4.79 Å². The first-order valence-electron chi connectivity index (χ1n) is 6.16. The summed E-state index contributed by atoms with van der Waals surface area (Å²) in [5.74, 6) is 0.799. The molecule has 0 saturated carbocycles. The predicted molar refractivity (Wildman–Crippen MR) is 69.2 cm³/mol. The normalized spacial score (nSPS) is 19.8.